The van der Waals surface area contributed by atoms with E-state index in [0.717, 1.165) is 24.3 Å². The number of rotatable bonds is 4. The second kappa shape index (κ2) is 5.21. The van der Waals surface area contributed by atoms with Crippen LogP contribution in [0.3, 0.4) is 0 Å². The molecule has 0 atom stereocenters. The average Bonchev–Trinajstić information content (AvgIpc) is 2.51. The van der Waals surface area contributed by atoms with Crippen LogP contribution in [0.1, 0.15) is 52.4 Å². The molecule has 0 heterocycles. The maximum atomic E-state index is 11.3. The van der Waals surface area contributed by atoms with E-state index >= 15 is 0 Å². The molecule has 1 aliphatic carbocycles. The lowest BCUT2D eigenvalue weighted by atomic mass is 10.00. The molecule has 1 saturated carbocycles. The Labute approximate surface area is 81.2 Å². The zero-order chi connectivity index (χ0) is 9.68. The van der Waals surface area contributed by atoms with Gasteiger partial charge in [0, 0.05) is 6.42 Å². The fourth-order valence-electron chi connectivity index (χ4n) is 2.04. The Hall–Kier alpha value is -0.590. The average molecular weight is 180 g/mol. The van der Waals surface area contributed by atoms with E-state index in [0.29, 0.717) is 5.78 Å². The van der Waals surface area contributed by atoms with Crippen molar-refractivity contribution in [1.82, 2.24) is 0 Å². The first-order valence-electron chi connectivity index (χ1n) is 5.36. The van der Waals surface area contributed by atoms with E-state index < -0.39 is 0 Å². The quantitative estimate of drug-likeness (QED) is 0.605. The molecule has 1 nitrogen and oxygen atoms in total. The minimum Gasteiger partial charge on any atom is -0.295 e. The highest BCUT2D eigenvalue weighted by atomic mass is 16.1. The molecule has 0 bridgehead atoms. The molecule has 1 rings (SSSR count). The molecular formula is C12H20O. The van der Waals surface area contributed by atoms with E-state index in [4.69, 9.17) is 0 Å². The largest absolute Gasteiger partial charge is 0.295 e. The third-order valence-corrected chi connectivity index (χ3v) is 2.72. The molecule has 0 unspecified atom stereocenters. The van der Waals surface area contributed by atoms with E-state index in [2.05, 4.69) is 0 Å². The normalized spacial score (nSPS) is 17.4. The fourth-order valence-corrected chi connectivity index (χ4v) is 2.04. The molecule has 0 saturated heterocycles. The number of hydrogen-bond donors (Lipinski definition) is 0. The van der Waals surface area contributed by atoms with E-state index in [9.17, 15) is 4.79 Å². The van der Waals surface area contributed by atoms with Gasteiger partial charge in [-0.15, -0.1) is 0 Å². The molecule has 1 heteroatoms. The summed E-state index contributed by atoms with van der Waals surface area (Å²) in [5.74, 6) is 1.15. The van der Waals surface area contributed by atoms with Crippen LogP contribution in [0.2, 0.25) is 0 Å². The van der Waals surface area contributed by atoms with Crippen LogP contribution in [0.4, 0.5) is 0 Å². The maximum Gasteiger partial charge on any atom is 0.155 e. The lowest BCUT2D eigenvalue weighted by Crippen LogP contribution is -1.99. The number of allylic oxidation sites excluding steroid dienone is 2. The van der Waals surface area contributed by atoms with E-state index in [-0.39, 0.29) is 0 Å². The summed E-state index contributed by atoms with van der Waals surface area (Å²) in [6.45, 7) is 3.96. The predicted octanol–water partition coefficient (Wildman–Crippen LogP) is 3.49. The zero-order valence-electron chi connectivity index (χ0n) is 8.81. The van der Waals surface area contributed by atoms with Gasteiger partial charge in [0.2, 0.25) is 0 Å². The summed E-state index contributed by atoms with van der Waals surface area (Å²) in [4.78, 5) is 11.3. The van der Waals surface area contributed by atoms with Crippen molar-refractivity contribution >= 4 is 5.78 Å². The van der Waals surface area contributed by atoms with Crippen molar-refractivity contribution in [2.24, 2.45) is 5.92 Å². The van der Waals surface area contributed by atoms with Crippen molar-refractivity contribution in [3.63, 3.8) is 0 Å². The molecule has 0 radical (unpaired) electrons. The van der Waals surface area contributed by atoms with Gasteiger partial charge < -0.3 is 0 Å². The summed E-state index contributed by atoms with van der Waals surface area (Å²) in [6, 6.07) is 0. The molecule has 0 N–H and O–H groups in total. The Bertz CT molecular complexity index is 193. The number of carbonyl (C=O) groups excluding carboxylic acids is 1. The SMILES string of the molecule is CC(C)=CC(=O)CCC1CCCC1. The van der Waals surface area contributed by atoms with Gasteiger partial charge in [-0.1, -0.05) is 31.3 Å². The summed E-state index contributed by atoms with van der Waals surface area (Å²) >= 11 is 0. The van der Waals surface area contributed by atoms with Crippen molar-refractivity contribution in [2.45, 2.75) is 52.4 Å². The smallest absolute Gasteiger partial charge is 0.155 e. The monoisotopic (exact) mass is 180 g/mol. The summed E-state index contributed by atoms with van der Waals surface area (Å²) in [5, 5.41) is 0. The van der Waals surface area contributed by atoms with Crippen LogP contribution in [0.15, 0.2) is 11.6 Å². The lowest BCUT2D eigenvalue weighted by Gasteiger charge is -2.05. The van der Waals surface area contributed by atoms with Crippen LogP contribution in [0, 0.1) is 5.92 Å². The van der Waals surface area contributed by atoms with Crippen LogP contribution in [0.5, 0.6) is 0 Å². The van der Waals surface area contributed by atoms with Gasteiger partial charge in [-0.3, -0.25) is 4.79 Å². The number of hydrogen-bond acceptors (Lipinski definition) is 1. The van der Waals surface area contributed by atoms with Crippen molar-refractivity contribution in [1.29, 1.82) is 0 Å². The van der Waals surface area contributed by atoms with Crippen LogP contribution < -0.4 is 0 Å². The molecule has 0 aromatic heterocycles. The highest BCUT2D eigenvalue weighted by molar-refractivity contribution is 5.90. The molecule has 0 amide bonds. The third kappa shape index (κ3) is 4.25. The van der Waals surface area contributed by atoms with E-state index in [1.54, 1.807) is 6.08 Å². The van der Waals surface area contributed by atoms with Crippen molar-refractivity contribution in [2.75, 3.05) is 0 Å². The van der Waals surface area contributed by atoms with E-state index in [1.165, 1.54) is 25.7 Å². The van der Waals surface area contributed by atoms with Crippen molar-refractivity contribution < 1.29 is 4.79 Å². The first-order valence-corrected chi connectivity index (χ1v) is 5.36. The minimum absolute atomic E-state index is 0.312. The van der Waals surface area contributed by atoms with Crippen LogP contribution in [0.25, 0.3) is 0 Å². The molecule has 1 fully saturated rings. The minimum atomic E-state index is 0.312. The van der Waals surface area contributed by atoms with Crippen molar-refractivity contribution in [3.8, 4) is 0 Å². The van der Waals surface area contributed by atoms with Gasteiger partial charge in [-0.25, -0.2) is 0 Å². The molecule has 0 aliphatic heterocycles. The van der Waals surface area contributed by atoms with Gasteiger partial charge in [0.15, 0.2) is 5.78 Å². The summed E-state index contributed by atoms with van der Waals surface area (Å²) in [7, 11) is 0. The molecule has 0 spiro atoms. The Balaban J connectivity index is 2.18. The summed E-state index contributed by atoms with van der Waals surface area (Å²) < 4.78 is 0. The maximum absolute atomic E-state index is 11.3. The Morgan fingerprint density at radius 2 is 1.92 bits per heavy atom. The highest BCUT2D eigenvalue weighted by Crippen LogP contribution is 2.28. The van der Waals surface area contributed by atoms with Gasteiger partial charge in [0.1, 0.15) is 0 Å². The van der Waals surface area contributed by atoms with Gasteiger partial charge in [-0.05, 0) is 32.3 Å². The van der Waals surface area contributed by atoms with Gasteiger partial charge >= 0.3 is 0 Å². The molecule has 0 aromatic rings. The predicted molar refractivity (Wildman–Crippen MR) is 55.6 cm³/mol. The summed E-state index contributed by atoms with van der Waals surface area (Å²) in [6.07, 6.45) is 9.10. The highest BCUT2D eigenvalue weighted by Gasteiger charge is 2.15. The van der Waals surface area contributed by atoms with Crippen LogP contribution in [-0.2, 0) is 4.79 Å². The van der Waals surface area contributed by atoms with Gasteiger partial charge in [-0.2, -0.15) is 0 Å². The lowest BCUT2D eigenvalue weighted by molar-refractivity contribution is -0.114. The first-order chi connectivity index (χ1) is 6.18. The Kier molecular flexibility index (Phi) is 4.20. The van der Waals surface area contributed by atoms with Gasteiger partial charge in [0.05, 0.1) is 0 Å². The Morgan fingerprint density at radius 3 is 2.46 bits per heavy atom. The molecule has 74 valence electrons. The summed E-state index contributed by atoms with van der Waals surface area (Å²) in [5.41, 5.74) is 1.12. The fraction of sp³-hybridized carbons (Fsp3) is 0.750. The standard InChI is InChI=1S/C12H20O/c1-10(2)9-12(13)8-7-11-5-3-4-6-11/h9,11H,3-8H2,1-2H3. The topological polar surface area (TPSA) is 17.1 Å². The molecule has 0 aromatic carbocycles. The van der Waals surface area contributed by atoms with Crippen molar-refractivity contribution in [3.05, 3.63) is 11.6 Å². The first kappa shape index (κ1) is 10.5. The number of ketones is 1. The zero-order valence-corrected chi connectivity index (χ0v) is 8.81. The van der Waals surface area contributed by atoms with Gasteiger partial charge in [0.25, 0.3) is 0 Å². The third-order valence-electron chi connectivity index (χ3n) is 2.72. The number of carbonyl (C=O) groups is 1. The molecule has 1 aliphatic rings. The molecular weight excluding hydrogens is 160 g/mol. The van der Waals surface area contributed by atoms with E-state index in [1.807, 2.05) is 13.8 Å². The Morgan fingerprint density at radius 1 is 1.31 bits per heavy atom. The van der Waals surface area contributed by atoms with Crippen LogP contribution in [-0.4, -0.2) is 5.78 Å². The second-order valence-electron chi connectivity index (χ2n) is 4.38. The van der Waals surface area contributed by atoms with Crippen LogP contribution >= 0.6 is 0 Å². The molecule has 13 heavy (non-hydrogen) atoms. The second-order valence-corrected chi connectivity index (χ2v) is 4.38.